The van der Waals surface area contributed by atoms with E-state index in [1.807, 2.05) is 27.9 Å². The molecule has 3 aromatic heterocycles. The van der Waals surface area contributed by atoms with Crippen LogP contribution in [0.1, 0.15) is 40.2 Å². The van der Waals surface area contributed by atoms with E-state index in [0.717, 1.165) is 62.2 Å². The van der Waals surface area contributed by atoms with Crippen molar-refractivity contribution in [2.45, 2.75) is 32.4 Å². The first-order valence-electron chi connectivity index (χ1n) is 10.2. The van der Waals surface area contributed by atoms with E-state index in [2.05, 4.69) is 37.4 Å². The third-order valence-electron chi connectivity index (χ3n) is 5.83. The Hall–Kier alpha value is -3.00. The second-order valence-corrected chi connectivity index (χ2v) is 7.77. The first-order valence-corrected chi connectivity index (χ1v) is 10.2. The van der Waals surface area contributed by atoms with Crippen LogP contribution in [0, 0.1) is 0 Å². The van der Waals surface area contributed by atoms with Gasteiger partial charge in [0.25, 0.3) is 5.91 Å². The van der Waals surface area contributed by atoms with Gasteiger partial charge in [-0.05, 0) is 36.6 Å². The van der Waals surface area contributed by atoms with Crippen molar-refractivity contribution >= 4 is 17.4 Å². The Morgan fingerprint density at radius 3 is 2.86 bits per heavy atom. The van der Waals surface area contributed by atoms with E-state index < -0.39 is 0 Å². The zero-order chi connectivity index (χ0) is 19.8. The number of amides is 1. The standard InChI is InChI=1S/C21H25N7O/c1-22-21-24-18-6-10-26(13-15-5-11-28-16(12-15)4-7-23-28)14-17(18)19(25-21)20(29)27-8-2-3-9-27/h4-5,7,11-12H,2-3,6,8-10,13-14H2,1H3,(H,22,24,25). The van der Waals surface area contributed by atoms with Gasteiger partial charge in [0.15, 0.2) is 0 Å². The van der Waals surface area contributed by atoms with Crippen molar-refractivity contribution in [3.63, 3.8) is 0 Å². The molecule has 5 rings (SSSR count). The molecule has 0 aliphatic carbocycles. The van der Waals surface area contributed by atoms with E-state index in [1.165, 1.54) is 5.56 Å². The zero-order valence-electron chi connectivity index (χ0n) is 16.6. The van der Waals surface area contributed by atoms with Gasteiger partial charge in [-0.2, -0.15) is 5.10 Å². The quantitative estimate of drug-likeness (QED) is 0.733. The number of likely N-dealkylation sites (tertiary alicyclic amines) is 1. The molecular formula is C21H25N7O. The zero-order valence-corrected chi connectivity index (χ0v) is 16.6. The van der Waals surface area contributed by atoms with Gasteiger partial charge in [0.05, 0.1) is 11.2 Å². The third-order valence-corrected chi connectivity index (χ3v) is 5.83. The highest BCUT2D eigenvalue weighted by molar-refractivity contribution is 5.94. The number of fused-ring (bicyclic) bond motifs is 2. The summed E-state index contributed by atoms with van der Waals surface area (Å²) in [6.45, 7) is 4.07. The molecule has 2 aliphatic heterocycles. The van der Waals surface area contributed by atoms with Gasteiger partial charge >= 0.3 is 0 Å². The van der Waals surface area contributed by atoms with Crippen LogP contribution in [0.5, 0.6) is 0 Å². The molecule has 8 nitrogen and oxygen atoms in total. The van der Waals surface area contributed by atoms with E-state index in [0.29, 0.717) is 18.2 Å². The highest BCUT2D eigenvalue weighted by atomic mass is 16.2. The average molecular weight is 391 g/mol. The van der Waals surface area contributed by atoms with Gasteiger partial charge in [-0.15, -0.1) is 0 Å². The Morgan fingerprint density at radius 1 is 1.17 bits per heavy atom. The van der Waals surface area contributed by atoms with Gasteiger partial charge in [0, 0.05) is 64.1 Å². The molecule has 0 unspecified atom stereocenters. The molecule has 0 atom stereocenters. The molecule has 0 bridgehead atoms. The Kier molecular flexibility index (Phi) is 4.63. The van der Waals surface area contributed by atoms with E-state index >= 15 is 0 Å². The Bertz CT molecular complexity index is 1050. The van der Waals surface area contributed by atoms with E-state index in [1.54, 1.807) is 7.05 Å². The number of hydrogen-bond donors (Lipinski definition) is 1. The molecule has 0 saturated carbocycles. The molecule has 1 fully saturated rings. The van der Waals surface area contributed by atoms with Crippen molar-refractivity contribution < 1.29 is 4.79 Å². The van der Waals surface area contributed by atoms with Crippen LogP contribution in [0.25, 0.3) is 5.52 Å². The predicted octanol–water partition coefficient (Wildman–Crippen LogP) is 1.96. The minimum Gasteiger partial charge on any atom is -0.357 e. The van der Waals surface area contributed by atoms with Crippen molar-refractivity contribution in [2.24, 2.45) is 0 Å². The summed E-state index contributed by atoms with van der Waals surface area (Å²) >= 11 is 0. The highest BCUT2D eigenvalue weighted by Crippen LogP contribution is 2.25. The SMILES string of the molecule is CNc1nc2c(c(C(=O)N3CCCC3)n1)CN(Cc1ccn3nccc3c1)CC2. The average Bonchev–Trinajstić information content (AvgIpc) is 3.44. The predicted molar refractivity (Wildman–Crippen MR) is 110 cm³/mol. The summed E-state index contributed by atoms with van der Waals surface area (Å²) in [6.07, 6.45) is 6.76. The fraction of sp³-hybridized carbons (Fsp3) is 0.429. The lowest BCUT2D eigenvalue weighted by atomic mass is 10.0. The molecule has 2 aliphatic rings. The van der Waals surface area contributed by atoms with Crippen molar-refractivity contribution in [1.29, 1.82) is 0 Å². The molecule has 3 aromatic rings. The molecular weight excluding hydrogens is 366 g/mol. The lowest BCUT2D eigenvalue weighted by Crippen LogP contribution is -2.35. The van der Waals surface area contributed by atoms with Crippen LogP contribution in [0.2, 0.25) is 0 Å². The third kappa shape index (κ3) is 3.44. The normalized spacial score (nSPS) is 16.9. The topological polar surface area (TPSA) is 78.7 Å². The van der Waals surface area contributed by atoms with Crippen LogP contribution in [0.3, 0.4) is 0 Å². The van der Waals surface area contributed by atoms with Crippen LogP contribution < -0.4 is 5.32 Å². The van der Waals surface area contributed by atoms with Gasteiger partial charge in [0.1, 0.15) is 5.69 Å². The monoisotopic (exact) mass is 391 g/mol. The minimum absolute atomic E-state index is 0.0418. The van der Waals surface area contributed by atoms with Crippen LogP contribution in [0.4, 0.5) is 5.95 Å². The van der Waals surface area contributed by atoms with Crippen molar-refractivity contribution in [1.82, 2.24) is 29.4 Å². The maximum atomic E-state index is 13.1. The smallest absolute Gasteiger partial charge is 0.273 e. The van der Waals surface area contributed by atoms with Crippen LogP contribution >= 0.6 is 0 Å². The summed E-state index contributed by atoms with van der Waals surface area (Å²) in [6, 6.07) is 6.28. The van der Waals surface area contributed by atoms with Crippen LogP contribution in [0.15, 0.2) is 30.6 Å². The van der Waals surface area contributed by atoms with Crippen molar-refractivity contribution in [3.8, 4) is 0 Å². The van der Waals surface area contributed by atoms with E-state index in [-0.39, 0.29) is 5.91 Å². The number of aromatic nitrogens is 4. The van der Waals surface area contributed by atoms with Gasteiger partial charge in [-0.3, -0.25) is 9.69 Å². The highest BCUT2D eigenvalue weighted by Gasteiger charge is 2.29. The fourth-order valence-electron chi connectivity index (χ4n) is 4.29. The fourth-order valence-corrected chi connectivity index (χ4v) is 4.29. The first kappa shape index (κ1) is 18.1. The Labute approximate surface area is 169 Å². The second kappa shape index (κ2) is 7.44. The molecule has 8 heteroatoms. The van der Waals surface area contributed by atoms with Crippen LogP contribution in [-0.4, -0.2) is 62.0 Å². The second-order valence-electron chi connectivity index (χ2n) is 7.77. The van der Waals surface area contributed by atoms with E-state index in [9.17, 15) is 4.79 Å². The lowest BCUT2D eigenvalue weighted by Gasteiger charge is -2.30. The summed E-state index contributed by atoms with van der Waals surface area (Å²) in [4.78, 5) is 26.7. The van der Waals surface area contributed by atoms with Crippen molar-refractivity contribution in [2.75, 3.05) is 32.0 Å². The summed E-state index contributed by atoms with van der Waals surface area (Å²) < 4.78 is 1.87. The molecule has 0 aromatic carbocycles. The Morgan fingerprint density at radius 2 is 2.03 bits per heavy atom. The van der Waals surface area contributed by atoms with E-state index in [4.69, 9.17) is 0 Å². The molecule has 5 heterocycles. The van der Waals surface area contributed by atoms with Gasteiger partial charge in [-0.25, -0.2) is 14.5 Å². The lowest BCUT2D eigenvalue weighted by molar-refractivity contribution is 0.0783. The first-order chi connectivity index (χ1) is 14.2. The number of pyridine rings is 1. The molecule has 1 amide bonds. The van der Waals surface area contributed by atoms with Gasteiger partial charge < -0.3 is 10.2 Å². The summed E-state index contributed by atoms with van der Waals surface area (Å²) in [5, 5.41) is 7.27. The number of carbonyl (C=O) groups is 1. The number of nitrogens with zero attached hydrogens (tertiary/aromatic N) is 6. The largest absolute Gasteiger partial charge is 0.357 e. The molecule has 1 saturated heterocycles. The van der Waals surface area contributed by atoms with Crippen LogP contribution in [-0.2, 0) is 19.5 Å². The number of hydrogen-bond acceptors (Lipinski definition) is 6. The molecule has 0 spiro atoms. The maximum absolute atomic E-state index is 13.1. The van der Waals surface area contributed by atoms with Gasteiger partial charge in [0.2, 0.25) is 5.95 Å². The summed E-state index contributed by atoms with van der Waals surface area (Å²) in [5.41, 5.74) is 4.87. The minimum atomic E-state index is 0.0418. The molecule has 150 valence electrons. The number of anilines is 1. The summed E-state index contributed by atoms with van der Waals surface area (Å²) in [7, 11) is 1.80. The molecule has 0 radical (unpaired) electrons. The van der Waals surface area contributed by atoms with Gasteiger partial charge in [-0.1, -0.05) is 0 Å². The summed E-state index contributed by atoms with van der Waals surface area (Å²) in [5.74, 6) is 0.575. The van der Waals surface area contributed by atoms with Crippen molar-refractivity contribution in [3.05, 3.63) is 53.1 Å². The maximum Gasteiger partial charge on any atom is 0.273 e. The number of rotatable bonds is 4. The molecule has 1 N–H and O–H groups in total. The molecule has 29 heavy (non-hydrogen) atoms. The Balaban J connectivity index is 1.42. The number of carbonyl (C=O) groups excluding carboxylic acids is 1. The number of nitrogens with one attached hydrogen (secondary N) is 1.